The fourth-order valence-corrected chi connectivity index (χ4v) is 5.48. The molecule has 1 aromatic carbocycles. The summed E-state index contributed by atoms with van der Waals surface area (Å²) in [5.41, 5.74) is 2.17. The maximum atomic E-state index is 13.0. The number of nitrogens with zero attached hydrogens (tertiary/aromatic N) is 4. The summed E-state index contributed by atoms with van der Waals surface area (Å²) in [5.74, 6) is -0.164. The Kier molecular flexibility index (Phi) is 5.01. The Balaban J connectivity index is 1.78. The van der Waals surface area contributed by atoms with E-state index in [9.17, 15) is 13.2 Å². The highest BCUT2D eigenvalue weighted by molar-refractivity contribution is 7.92. The molecule has 0 spiro atoms. The van der Waals surface area contributed by atoms with E-state index < -0.39 is 9.84 Å². The summed E-state index contributed by atoms with van der Waals surface area (Å²) in [6, 6.07) is 12.4. The molecule has 0 aliphatic heterocycles. The number of hydrogen-bond donors (Lipinski definition) is 0. The lowest BCUT2D eigenvalue weighted by molar-refractivity contribution is 0.593. The van der Waals surface area contributed by atoms with Crippen LogP contribution in [0.5, 0.6) is 0 Å². The zero-order chi connectivity index (χ0) is 20.6. The second kappa shape index (κ2) is 7.49. The van der Waals surface area contributed by atoms with E-state index in [0.717, 1.165) is 17.0 Å². The van der Waals surface area contributed by atoms with Gasteiger partial charge in [-0.25, -0.2) is 13.4 Å². The summed E-state index contributed by atoms with van der Waals surface area (Å²) in [5, 5.41) is 8.63. The van der Waals surface area contributed by atoms with Crippen LogP contribution in [0.1, 0.15) is 18.2 Å². The highest BCUT2D eigenvalue weighted by Crippen LogP contribution is 2.27. The summed E-state index contributed by atoms with van der Waals surface area (Å²) in [6.07, 6.45) is 1.67. The predicted molar refractivity (Wildman–Crippen MR) is 113 cm³/mol. The number of hydrogen-bond acceptors (Lipinski definition) is 7. The molecule has 0 saturated heterocycles. The number of benzene rings is 1. The van der Waals surface area contributed by atoms with E-state index in [1.165, 1.54) is 0 Å². The molecule has 3 heterocycles. The van der Waals surface area contributed by atoms with Crippen LogP contribution in [0.25, 0.3) is 21.6 Å². The van der Waals surface area contributed by atoms with Crippen LogP contribution in [-0.2, 0) is 22.1 Å². The molecule has 0 aliphatic carbocycles. The van der Waals surface area contributed by atoms with Crippen LogP contribution in [0.15, 0.2) is 57.8 Å². The number of rotatable bonds is 5. The molecular weight excluding hydrogens is 408 g/mol. The zero-order valence-corrected chi connectivity index (χ0v) is 17.5. The van der Waals surface area contributed by atoms with Gasteiger partial charge in [-0.15, -0.1) is 10.2 Å². The summed E-state index contributed by atoms with van der Waals surface area (Å²) in [4.78, 5) is 17.5. The number of fused-ring (bicyclic) bond motifs is 1. The molecule has 9 heteroatoms. The molecule has 0 amide bonds. The van der Waals surface area contributed by atoms with E-state index in [-0.39, 0.29) is 20.5 Å². The quantitative estimate of drug-likeness (QED) is 0.486. The van der Waals surface area contributed by atoms with Gasteiger partial charge in [0.05, 0.1) is 16.7 Å². The zero-order valence-electron chi connectivity index (χ0n) is 15.9. The molecule has 7 nitrogen and oxygen atoms in total. The summed E-state index contributed by atoms with van der Waals surface area (Å²) in [6.45, 7) is 4.43. The highest BCUT2D eigenvalue weighted by atomic mass is 32.2. The van der Waals surface area contributed by atoms with E-state index in [1.807, 2.05) is 24.5 Å². The van der Waals surface area contributed by atoms with Gasteiger partial charge in [0.2, 0.25) is 19.6 Å². The van der Waals surface area contributed by atoms with Gasteiger partial charge in [0.15, 0.2) is 5.01 Å². The van der Waals surface area contributed by atoms with Gasteiger partial charge in [-0.3, -0.25) is 4.79 Å². The summed E-state index contributed by atoms with van der Waals surface area (Å²) >= 11 is 0.913. The number of pyridine rings is 2. The first kappa shape index (κ1) is 19.4. The first-order chi connectivity index (χ1) is 13.9. The molecule has 0 unspecified atom stereocenters. The first-order valence-electron chi connectivity index (χ1n) is 9.00. The lowest BCUT2D eigenvalue weighted by Gasteiger charge is -2.09. The minimum Gasteiger partial charge on any atom is -0.332 e. The van der Waals surface area contributed by atoms with Gasteiger partial charge in [0, 0.05) is 18.4 Å². The Morgan fingerprint density at radius 1 is 1.07 bits per heavy atom. The molecule has 0 saturated carbocycles. The van der Waals surface area contributed by atoms with Crippen LogP contribution in [0.4, 0.5) is 0 Å². The van der Waals surface area contributed by atoms with Gasteiger partial charge >= 0.3 is 0 Å². The number of aryl methyl sites for hydroxylation is 2. The SMILES string of the molecule is CCn1cc(-c2nnc(S(=O)(=O)Cc3ccccc3)s2)c(=O)c2ccc(C)nc21. The molecule has 148 valence electrons. The topological polar surface area (TPSA) is 94.8 Å². The molecule has 0 fully saturated rings. The molecule has 0 aliphatic rings. The van der Waals surface area contributed by atoms with Crippen LogP contribution in [0.3, 0.4) is 0 Å². The van der Waals surface area contributed by atoms with Gasteiger partial charge in [-0.1, -0.05) is 41.7 Å². The van der Waals surface area contributed by atoms with Crippen LogP contribution in [0.2, 0.25) is 0 Å². The molecule has 4 rings (SSSR count). The van der Waals surface area contributed by atoms with Crippen LogP contribution < -0.4 is 5.43 Å². The minimum atomic E-state index is -3.65. The highest BCUT2D eigenvalue weighted by Gasteiger charge is 2.23. The fraction of sp³-hybridized carbons (Fsp3) is 0.200. The maximum Gasteiger partial charge on any atom is 0.233 e. The first-order valence-corrected chi connectivity index (χ1v) is 11.5. The van der Waals surface area contributed by atoms with Crippen molar-refractivity contribution in [2.24, 2.45) is 0 Å². The number of aromatic nitrogens is 4. The van der Waals surface area contributed by atoms with Crippen LogP contribution >= 0.6 is 11.3 Å². The van der Waals surface area contributed by atoms with Gasteiger partial charge in [-0.05, 0) is 31.5 Å². The lowest BCUT2D eigenvalue weighted by atomic mass is 10.2. The van der Waals surface area contributed by atoms with Crippen molar-refractivity contribution in [2.45, 2.75) is 30.5 Å². The Morgan fingerprint density at radius 3 is 2.55 bits per heavy atom. The van der Waals surface area contributed by atoms with Crippen LogP contribution in [0, 0.1) is 6.92 Å². The second-order valence-corrected chi connectivity index (χ2v) is 9.74. The lowest BCUT2D eigenvalue weighted by Crippen LogP contribution is -2.13. The number of sulfone groups is 1. The van der Waals surface area contributed by atoms with Crippen molar-refractivity contribution in [3.05, 3.63) is 70.1 Å². The third-order valence-corrected chi connectivity index (χ3v) is 7.59. The fourth-order valence-electron chi connectivity index (χ4n) is 3.05. The van der Waals surface area contributed by atoms with E-state index in [4.69, 9.17) is 0 Å². The van der Waals surface area contributed by atoms with Gasteiger partial charge < -0.3 is 4.57 Å². The molecule has 0 bridgehead atoms. The third-order valence-electron chi connectivity index (χ3n) is 4.50. The molecule has 0 radical (unpaired) electrons. The van der Waals surface area contributed by atoms with Gasteiger partial charge in [0.25, 0.3) is 0 Å². The molecule has 0 atom stereocenters. The van der Waals surface area contributed by atoms with Gasteiger partial charge in [0.1, 0.15) is 5.65 Å². The monoisotopic (exact) mass is 426 g/mol. The van der Waals surface area contributed by atoms with E-state index in [1.54, 1.807) is 42.6 Å². The molecule has 3 aromatic heterocycles. The van der Waals surface area contributed by atoms with Crippen molar-refractivity contribution in [2.75, 3.05) is 0 Å². The average Bonchev–Trinajstić information content (AvgIpc) is 3.20. The van der Waals surface area contributed by atoms with Gasteiger partial charge in [-0.2, -0.15) is 0 Å². The van der Waals surface area contributed by atoms with Crippen molar-refractivity contribution in [3.63, 3.8) is 0 Å². The van der Waals surface area contributed by atoms with Crippen molar-refractivity contribution in [1.29, 1.82) is 0 Å². The molecule has 4 aromatic rings. The normalized spacial score (nSPS) is 11.8. The van der Waals surface area contributed by atoms with E-state index in [0.29, 0.717) is 28.7 Å². The largest absolute Gasteiger partial charge is 0.332 e. The average molecular weight is 427 g/mol. The second-order valence-electron chi connectivity index (χ2n) is 6.60. The minimum absolute atomic E-state index is 0.0964. The third kappa shape index (κ3) is 3.70. The Labute approximate surface area is 171 Å². The molecular formula is C20H18N4O3S2. The Bertz CT molecular complexity index is 1360. The van der Waals surface area contributed by atoms with E-state index >= 15 is 0 Å². The Morgan fingerprint density at radius 2 is 1.83 bits per heavy atom. The van der Waals surface area contributed by atoms with Crippen molar-refractivity contribution < 1.29 is 8.42 Å². The van der Waals surface area contributed by atoms with Crippen LogP contribution in [-0.4, -0.2) is 28.2 Å². The predicted octanol–water partition coefficient (Wildman–Crippen LogP) is 3.22. The van der Waals surface area contributed by atoms with Crippen molar-refractivity contribution >= 4 is 32.2 Å². The van der Waals surface area contributed by atoms with E-state index in [2.05, 4.69) is 15.2 Å². The van der Waals surface area contributed by atoms with Crippen molar-refractivity contribution in [3.8, 4) is 10.6 Å². The maximum absolute atomic E-state index is 13.0. The molecule has 29 heavy (non-hydrogen) atoms. The van der Waals surface area contributed by atoms with Crippen molar-refractivity contribution in [1.82, 2.24) is 19.7 Å². The standard InChI is InChI=1S/C20H18N4O3S2/c1-3-24-11-16(17(25)15-10-9-13(2)21-18(15)24)19-22-23-20(28-19)29(26,27)12-14-7-5-4-6-8-14/h4-11H,3,12H2,1-2H3. The summed E-state index contributed by atoms with van der Waals surface area (Å²) < 4.78 is 27.2. The Hall–Kier alpha value is -2.91. The smallest absolute Gasteiger partial charge is 0.233 e. The summed E-state index contributed by atoms with van der Waals surface area (Å²) in [7, 11) is -3.65. The molecule has 0 N–H and O–H groups in total.